The highest BCUT2D eigenvalue weighted by atomic mass is 35.5. The average molecular weight is 521 g/mol. The van der Waals surface area contributed by atoms with Crippen LogP contribution in [-0.2, 0) is 16.0 Å². The van der Waals surface area contributed by atoms with Crippen LogP contribution in [0, 0.1) is 5.41 Å². The van der Waals surface area contributed by atoms with E-state index in [4.69, 9.17) is 33.7 Å². The molecule has 0 saturated heterocycles. The number of carbonyl (C=O) groups excluding carboxylic acids is 1. The fourth-order valence-electron chi connectivity index (χ4n) is 3.23. The fraction of sp³-hybridized carbons (Fsp3) is 0.429. The minimum Gasteiger partial charge on any atom is -0.444 e. The highest BCUT2D eigenvalue weighted by Crippen LogP contribution is 2.25. The Balaban J connectivity index is 2.79. The van der Waals surface area contributed by atoms with E-state index in [1.165, 1.54) is 0 Å². The zero-order valence-electron chi connectivity index (χ0n) is 21.5. The Morgan fingerprint density at radius 3 is 2.51 bits per heavy atom. The number of halogens is 2. The molecule has 1 aromatic carbocycles. The number of rotatable bonds is 12. The third-order valence-electron chi connectivity index (χ3n) is 5.00. The van der Waals surface area contributed by atoms with Gasteiger partial charge in [0.05, 0.1) is 12.1 Å². The maximum Gasteiger partial charge on any atom is 0.220 e. The molecule has 3 N–H and O–H groups in total. The van der Waals surface area contributed by atoms with E-state index in [0.29, 0.717) is 41.0 Å². The van der Waals surface area contributed by atoms with E-state index in [1.807, 2.05) is 49.4 Å². The molecule has 7 heteroatoms. The van der Waals surface area contributed by atoms with Gasteiger partial charge in [0, 0.05) is 23.5 Å². The maximum absolute atomic E-state index is 12.8. The van der Waals surface area contributed by atoms with Crippen molar-refractivity contribution in [2.24, 2.45) is 16.1 Å². The van der Waals surface area contributed by atoms with Crippen molar-refractivity contribution in [3.05, 3.63) is 82.6 Å². The Morgan fingerprint density at radius 1 is 1.23 bits per heavy atom. The molecule has 0 aliphatic carbocycles. The van der Waals surface area contributed by atoms with Gasteiger partial charge in [-0.1, -0.05) is 93.1 Å². The van der Waals surface area contributed by atoms with Crippen molar-refractivity contribution in [1.29, 1.82) is 0 Å². The number of allylic oxidation sites excluding steroid dienone is 5. The van der Waals surface area contributed by atoms with E-state index < -0.39 is 12.1 Å². The lowest BCUT2D eigenvalue weighted by atomic mass is 9.87. The van der Waals surface area contributed by atoms with Crippen LogP contribution in [0.1, 0.15) is 52.5 Å². The van der Waals surface area contributed by atoms with Gasteiger partial charge < -0.3 is 15.8 Å². The standard InChI is InChI=1S/C28H39Cl2N3O2/c1-7-8-9-10-11-12-13-24(31)27(32-6)35-20(2)25(19-28(3,4)5)33-26(34)17-15-21-14-16-22(29)18-23(21)30/h7-12,14,16,18,24-25H,2,13,15,17,19,31H2,1,3-6H3,(H,33,34)/b8-7-,10-9-,12-11+,32-27?/t24-,25?/m1/s1. The molecule has 0 aliphatic heterocycles. The molecular weight excluding hydrogens is 481 g/mol. The van der Waals surface area contributed by atoms with E-state index in [1.54, 1.807) is 19.2 Å². The predicted molar refractivity (Wildman–Crippen MR) is 150 cm³/mol. The van der Waals surface area contributed by atoms with Gasteiger partial charge >= 0.3 is 0 Å². The second-order valence-corrected chi connectivity index (χ2v) is 10.3. The van der Waals surface area contributed by atoms with Crippen molar-refractivity contribution in [1.82, 2.24) is 5.32 Å². The summed E-state index contributed by atoms with van der Waals surface area (Å²) in [5.74, 6) is 0.661. The molecule has 0 bridgehead atoms. The molecule has 0 saturated carbocycles. The number of aryl methyl sites for hydroxylation is 1. The van der Waals surface area contributed by atoms with Crippen molar-refractivity contribution in [2.75, 3.05) is 7.05 Å². The molecule has 0 fully saturated rings. The summed E-state index contributed by atoms with van der Waals surface area (Å²) in [6.45, 7) is 12.3. The minimum atomic E-state index is -0.429. The first kappa shape index (κ1) is 30.7. The predicted octanol–water partition coefficient (Wildman–Crippen LogP) is 6.81. The van der Waals surface area contributed by atoms with Crippen LogP contribution in [0.15, 0.2) is 72.0 Å². The molecule has 5 nitrogen and oxygen atoms in total. The smallest absolute Gasteiger partial charge is 0.220 e. The fourth-order valence-corrected chi connectivity index (χ4v) is 3.74. The summed E-state index contributed by atoms with van der Waals surface area (Å²) in [6, 6.07) is 4.45. The number of amides is 1. The van der Waals surface area contributed by atoms with Crippen molar-refractivity contribution in [3.63, 3.8) is 0 Å². The van der Waals surface area contributed by atoms with Crippen LogP contribution in [0.5, 0.6) is 0 Å². The van der Waals surface area contributed by atoms with E-state index in [2.05, 4.69) is 37.7 Å². The summed E-state index contributed by atoms with van der Waals surface area (Å²) in [5.41, 5.74) is 7.08. The number of hydrogen-bond donors (Lipinski definition) is 2. The van der Waals surface area contributed by atoms with Gasteiger partial charge in [0.25, 0.3) is 0 Å². The Labute approximate surface area is 220 Å². The lowest BCUT2D eigenvalue weighted by Gasteiger charge is -2.29. The summed E-state index contributed by atoms with van der Waals surface area (Å²) >= 11 is 12.2. The van der Waals surface area contributed by atoms with Crippen LogP contribution >= 0.6 is 23.2 Å². The van der Waals surface area contributed by atoms with Gasteiger partial charge in [0.1, 0.15) is 5.76 Å². The number of benzene rings is 1. The number of nitrogens with zero attached hydrogens (tertiary/aromatic N) is 1. The summed E-state index contributed by atoms with van der Waals surface area (Å²) < 4.78 is 5.98. The number of ether oxygens (including phenoxy) is 1. The van der Waals surface area contributed by atoms with Gasteiger partial charge in [-0.15, -0.1) is 0 Å². The van der Waals surface area contributed by atoms with Crippen LogP contribution in [0.25, 0.3) is 0 Å². The van der Waals surface area contributed by atoms with Crippen LogP contribution in [0.2, 0.25) is 10.0 Å². The number of nitrogens with one attached hydrogen (secondary N) is 1. The molecule has 192 valence electrons. The largest absolute Gasteiger partial charge is 0.444 e. The lowest BCUT2D eigenvalue weighted by Crippen LogP contribution is -2.41. The highest BCUT2D eigenvalue weighted by Gasteiger charge is 2.26. The summed E-state index contributed by atoms with van der Waals surface area (Å²) in [6.07, 6.45) is 13.6. The van der Waals surface area contributed by atoms with Gasteiger partial charge in [-0.3, -0.25) is 9.79 Å². The number of hydrogen-bond acceptors (Lipinski definition) is 4. The Hall–Kier alpha value is -2.34. The zero-order valence-corrected chi connectivity index (χ0v) is 23.0. The Bertz CT molecular complexity index is 959. The monoisotopic (exact) mass is 519 g/mol. The van der Waals surface area contributed by atoms with Crippen LogP contribution in [-0.4, -0.2) is 30.9 Å². The molecule has 0 heterocycles. The first-order chi connectivity index (χ1) is 16.5. The quantitative estimate of drug-likeness (QED) is 0.138. The summed E-state index contributed by atoms with van der Waals surface area (Å²) in [7, 11) is 1.63. The molecule has 35 heavy (non-hydrogen) atoms. The normalized spacial score (nSPS) is 14.6. The summed E-state index contributed by atoms with van der Waals surface area (Å²) in [4.78, 5) is 17.0. The van der Waals surface area contributed by atoms with E-state index in [9.17, 15) is 4.79 Å². The van der Waals surface area contributed by atoms with Crippen molar-refractivity contribution in [3.8, 4) is 0 Å². The second-order valence-electron chi connectivity index (χ2n) is 9.43. The van der Waals surface area contributed by atoms with Crippen LogP contribution < -0.4 is 11.1 Å². The molecule has 1 unspecified atom stereocenters. The van der Waals surface area contributed by atoms with Crippen molar-refractivity contribution < 1.29 is 9.53 Å². The zero-order chi connectivity index (χ0) is 26.4. The third-order valence-corrected chi connectivity index (χ3v) is 5.59. The number of carbonyl (C=O) groups is 1. The SMILES string of the molecule is C=C(OC(=NC)[C@H](N)C/C=C/C=C\C=C/C)C(CC(C)(C)C)NC(=O)CCc1ccc(Cl)cc1Cl. The lowest BCUT2D eigenvalue weighted by molar-refractivity contribution is -0.121. The van der Waals surface area contributed by atoms with Gasteiger partial charge in [0.2, 0.25) is 11.8 Å². The minimum absolute atomic E-state index is 0.0720. The highest BCUT2D eigenvalue weighted by molar-refractivity contribution is 6.35. The maximum atomic E-state index is 12.8. The van der Waals surface area contributed by atoms with Gasteiger partial charge in [-0.25, -0.2) is 0 Å². The van der Waals surface area contributed by atoms with Gasteiger partial charge in [0.15, 0.2) is 0 Å². The molecule has 2 atom stereocenters. The van der Waals surface area contributed by atoms with E-state index in [0.717, 1.165) is 5.56 Å². The number of nitrogens with two attached hydrogens (primary N) is 1. The van der Waals surface area contributed by atoms with Crippen LogP contribution in [0.3, 0.4) is 0 Å². The molecule has 0 aliphatic rings. The Morgan fingerprint density at radius 2 is 1.91 bits per heavy atom. The first-order valence-electron chi connectivity index (χ1n) is 11.7. The van der Waals surface area contributed by atoms with Crippen molar-refractivity contribution >= 4 is 35.0 Å². The van der Waals surface area contributed by atoms with Crippen LogP contribution in [0.4, 0.5) is 0 Å². The van der Waals surface area contributed by atoms with Gasteiger partial charge in [-0.2, -0.15) is 0 Å². The molecule has 0 aromatic heterocycles. The Kier molecular flexibility index (Phi) is 13.7. The third kappa shape index (κ3) is 12.8. The molecule has 0 spiro atoms. The van der Waals surface area contributed by atoms with Gasteiger partial charge in [-0.05, 0) is 49.3 Å². The van der Waals surface area contributed by atoms with Crippen molar-refractivity contribution in [2.45, 2.75) is 65.5 Å². The number of aliphatic imine (C=N–C) groups is 1. The van der Waals surface area contributed by atoms with E-state index >= 15 is 0 Å². The van der Waals surface area contributed by atoms with E-state index in [-0.39, 0.29) is 17.7 Å². The second kappa shape index (κ2) is 15.6. The summed E-state index contributed by atoms with van der Waals surface area (Å²) in [5, 5.41) is 4.17. The molecular formula is C28H39Cl2N3O2. The molecule has 1 aromatic rings. The molecule has 0 radical (unpaired) electrons. The topological polar surface area (TPSA) is 76.7 Å². The first-order valence-corrected chi connectivity index (χ1v) is 12.5. The molecule has 1 rings (SSSR count). The average Bonchev–Trinajstić information content (AvgIpc) is 2.77. The molecule has 1 amide bonds.